The zero-order valence-electron chi connectivity index (χ0n) is 20.6. The van der Waals surface area contributed by atoms with Gasteiger partial charge in [-0.2, -0.15) is 0 Å². The zero-order chi connectivity index (χ0) is 26.0. The molecule has 2 aliphatic rings. The lowest BCUT2D eigenvalue weighted by Crippen LogP contribution is -2.59. The van der Waals surface area contributed by atoms with Gasteiger partial charge in [0.05, 0.1) is 14.2 Å². The number of hydrogen-bond donors (Lipinski definition) is 1. The van der Waals surface area contributed by atoms with Crippen molar-refractivity contribution in [2.45, 2.75) is 18.2 Å². The molecule has 0 bridgehead atoms. The number of nitrogens with one attached hydrogen (secondary N) is 1. The Morgan fingerprint density at radius 2 is 1.57 bits per heavy atom. The van der Waals surface area contributed by atoms with Crippen molar-refractivity contribution < 1.29 is 28.2 Å². The Morgan fingerprint density at radius 3 is 2.16 bits per heavy atom. The number of nitrogens with zero attached hydrogens (tertiary/aromatic N) is 2. The van der Waals surface area contributed by atoms with Gasteiger partial charge in [0.1, 0.15) is 23.4 Å². The molecule has 2 aliphatic heterocycles. The molecule has 3 aromatic carbocycles. The summed E-state index contributed by atoms with van der Waals surface area (Å²) in [5.41, 5.74) is 0.824. The number of cyclic esters (lactones) is 1. The van der Waals surface area contributed by atoms with Crippen molar-refractivity contribution in [1.29, 1.82) is 0 Å². The molecule has 192 valence electrons. The third-order valence-corrected chi connectivity index (χ3v) is 6.99. The predicted molar refractivity (Wildman–Crippen MR) is 134 cm³/mol. The molecule has 9 heteroatoms. The number of methoxy groups -OCH3 is 2. The van der Waals surface area contributed by atoms with E-state index in [1.54, 1.807) is 36.2 Å². The van der Waals surface area contributed by atoms with Gasteiger partial charge in [0, 0.05) is 37.3 Å². The van der Waals surface area contributed by atoms with E-state index in [4.69, 9.17) is 14.2 Å². The number of carbonyl (C=O) groups is 2. The number of amides is 3. The first-order valence-corrected chi connectivity index (χ1v) is 12.0. The van der Waals surface area contributed by atoms with Crippen molar-refractivity contribution in [1.82, 2.24) is 15.1 Å². The van der Waals surface area contributed by atoms with E-state index >= 15 is 0 Å². The fraction of sp³-hybridized carbons (Fsp3) is 0.286. The fourth-order valence-electron chi connectivity index (χ4n) is 5.21. The van der Waals surface area contributed by atoms with Crippen LogP contribution in [0.4, 0.5) is 14.0 Å². The van der Waals surface area contributed by atoms with Crippen LogP contribution in [0.3, 0.4) is 0 Å². The minimum absolute atomic E-state index is 0.219. The van der Waals surface area contributed by atoms with E-state index in [0.717, 1.165) is 5.56 Å². The summed E-state index contributed by atoms with van der Waals surface area (Å²) in [5.74, 6) is 0.781. The van der Waals surface area contributed by atoms with Gasteiger partial charge in [-0.3, -0.25) is 4.90 Å². The van der Waals surface area contributed by atoms with E-state index in [1.807, 2.05) is 48.5 Å². The third-order valence-electron chi connectivity index (χ3n) is 6.99. The van der Waals surface area contributed by atoms with Crippen molar-refractivity contribution in [2.24, 2.45) is 0 Å². The Labute approximate surface area is 214 Å². The SMILES string of the molecule is COc1ccccc1C1(c2ccccc2OC)OC(=O)N2CCN(C(=O)NCc3ccc(F)cc3)CC21. The molecule has 3 aromatic rings. The zero-order valence-corrected chi connectivity index (χ0v) is 20.6. The maximum Gasteiger partial charge on any atom is 0.411 e. The van der Waals surface area contributed by atoms with Crippen molar-refractivity contribution in [2.75, 3.05) is 33.9 Å². The predicted octanol–water partition coefficient (Wildman–Crippen LogP) is 4.13. The van der Waals surface area contributed by atoms with E-state index in [-0.39, 0.29) is 24.9 Å². The quantitative estimate of drug-likeness (QED) is 0.545. The summed E-state index contributed by atoms with van der Waals surface area (Å²) in [5, 5.41) is 2.90. The van der Waals surface area contributed by atoms with Crippen molar-refractivity contribution in [3.8, 4) is 11.5 Å². The monoisotopic (exact) mass is 505 g/mol. The van der Waals surface area contributed by atoms with Crippen LogP contribution in [0, 0.1) is 5.82 Å². The van der Waals surface area contributed by atoms with Gasteiger partial charge in [-0.05, 0) is 29.8 Å². The summed E-state index contributed by atoms with van der Waals surface area (Å²) >= 11 is 0. The summed E-state index contributed by atoms with van der Waals surface area (Å²) < 4.78 is 30.9. The molecule has 1 N–H and O–H groups in total. The number of para-hydroxylation sites is 2. The lowest BCUT2D eigenvalue weighted by molar-refractivity contribution is 0.0472. The minimum Gasteiger partial charge on any atom is -0.496 e. The minimum atomic E-state index is -1.29. The highest BCUT2D eigenvalue weighted by Gasteiger charge is 2.60. The number of rotatable bonds is 6. The van der Waals surface area contributed by atoms with Crippen LogP contribution in [0.1, 0.15) is 16.7 Å². The number of carbonyl (C=O) groups excluding carboxylic acids is 2. The maximum absolute atomic E-state index is 13.3. The van der Waals surface area contributed by atoms with Gasteiger partial charge in [-0.15, -0.1) is 0 Å². The van der Waals surface area contributed by atoms with E-state index in [9.17, 15) is 14.0 Å². The lowest BCUT2D eigenvalue weighted by Gasteiger charge is -2.42. The van der Waals surface area contributed by atoms with E-state index in [2.05, 4.69) is 5.32 Å². The Bertz CT molecular complexity index is 1250. The Hall–Kier alpha value is -4.27. The largest absolute Gasteiger partial charge is 0.496 e. The fourth-order valence-corrected chi connectivity index (χ4v) is 5.21. The first-order chi connectivity index (χ1) is 18.0. The second-order valence-electron chi connectivity index (χ2n) is 8.94. The highest BCUT2D eigenvalue weighted by molar-refractivity contribution is 5.78. The van der Waals surface area contributed by atoms with Gasteiger partial charge < -0.3 is 24.4 Å². The van der Waals surface area contributed by atoms with Gasteiger partial charge in [-0.25, -0.2) is 14.0 Å². The maximum atomic E-state index is 13.3. The summed E-state index contributed by atoms with van der Waals surface area (Å²) in [6.45, 7) is 1.12. The average molecular weight is 506 g/mol. The molecule has 3 amide bonds. The topological polar surface area (TPSA) is 80.3 Å². The number of halogens is 1. The molecule has 5 rings (SSSR count). The van der Waals surface area contributed by atoms with Gasteiger partial charge in [0.2, 0.25) is 0 Å². The Balaban J connectivity index is 1.52. The Kier molecular flexibility index (Phi) is 6.60. The van der Waals surface area contributed by atoms with Gasteiger partial charge >= 0.3 is 12.1 Å². The second kappa shape index (κ2) is 10.0. The smallest absolute Gasteiger partial charge is 0.411 e. The summed E-state index contributed by atoms with van der Waals surface area (Å²) in [6.07, 6.45) is -0.465. The van der Waals surface area contributed by atoms with Crippen LogP contribution in [0.2, 0.25) is 0 Å². The first kappa shape index (κ1) is 24.4. The molecule has 2 fully saturated rings. The van der Waals surface area contributed by atoms with Crippen LogP contribution < -0.4 is 14.8 Å². The van der Waals surface area contributed by atoms with Crippen LogP contribution in [0.5, 0.6) is 11.5 Å². The first-order valence-electron chi connectivity index (χ1n) is 12.0. The van der Waals surface area contributed by atoms with Crippen LogP contribution in [0.15, 0.2) is 72.8 Å². The summed E-state index contributed by atoms with van der Waals surface area (Å²) in [4.78, 5) is 29.8. The molecular formula is C28H28FN3O5. The molecule has 0 spiro atoms. The van der Waals surface area contributed by atoms with E-state index in [1.165, 1.54) is 12.1 Å². The van der Waals surface area contributed by atoms with Crippen molar-refractivity contribution >= 4 is 12.1 Å². The van der Waals surface area contributed by atoms with Crippen LogP contribution in [0.25, 0.3) is 0 Å². The molecule has 2 saturated heterocycles. The molecule has 0 aliphatic carbocycles. The highest BCUT2D eigenvalue weighted by Crippen LogP contribution is 2.51. The molecular weight excluding hydrogens is 477 g/mol. The number of fused-ring (bicyclic) bond motifs is 1. The number of piperazine rings is 1. The van der Waals surface area contributed by atoms with Crippen LogP contribution >= 0.6 is 0 Å². The van der Waals surface area contributed by atoms with Crippen molar-refractivity contribution in [3.63, 3.8) is 0 Å². The second-order valence-corrected chi connectivity index (χ2v) is 8.94. The summed E-state index contributed by atoms with van der Waals surface area (Å²) in [6, 6.07) is 20.0. The molecule has 1 atom stereocenters. The molecule has 0 saturated carbocycles. The number of hydrogen-bond acceptors (Lipinski definition) is 5. The molecule has 0 radical (unpaired) electrons. The molecule has 2 heterocycles. The van der Waals surface area contributed by atoms with Crippen LogP contribution in [-0.2, 0) is 16.9 Å². The molecule has 0 aromatic heterocycles. The lowest BCUT2D eigenvalue weighted by atomic mass is 9.78. The number of urea groups is 1. The van der Waals surface area contributed by atoms with E-state index < -0.39 is 17.7 Å². The summed E-state index contributed by atoms with van der Waals surface area (Å²) in [7, 11) is 3.14. The van der Waals surface area contributed by atoms with Gasteiger partial charge in [0.15, 0.2) is 5.60 Å². The molecule has 37 heavy (non-hydrogen) atoms. The molecule has 1 unspecified atom stereocenters. The van der Waals surface area contributed by atoms with Gasteiger partial charge in [0.25, 0.3) is 0 Å². The Morgan fingerprint density at radius 1 is 0.973 bits per heavy atom. The normalized spacial score (nSPS) is 18.1. The van der Waals surface area contributed by atoms with E-state index in [0.29, 0.717) is 35.7 Å². The highest BCUT2D eigenvalue weighted by atomic mass is 19.1. The average Bonchev–Trinajstić information content (AvgIpc) is 3.24. The van der Waals surface area contributed by atoms with Crippen molar-refractivity contribution in [3.05, 3.63) is 95.3 Å². The third kappa shape index (κ3) is 4.30. The number of benzene rings is 3. The van der Waals surface area contributed by atoms with Gasteiger partial charge in [-0.1, -0.05) is 48.5 Å². The number of ether oxygens (including phenoxy) is 3. The van der Waals surface area contributed by atoms with Crippen LogP contribution in [-0.4, -0.2) is 61.8 Å². The standard InChI is InChI=1S/C28H28FN3O5/c1-35-23-9-5-3-7-21(23)28(22-8-4-6-10-24(22)36-2)25-18-31(15-16-32(25)27(34)37-28)26(33)30-17-19-11-13-20(29)14-12-19/h3-14,25H,15-18H2,1-2H3,(H,30,33). The molecule has 8 nitrogen and oxygen atoms in total.